The molecule has 0 aliphatic rings. The Morgan fingerprint density at radius 2 is 0.569 bits per heavy atom. The monoisotopic (exact) mass is 718 g/mol. The van der Waals surface area contributed by atoms with E-state index in [4.69, 9.17) is 23.7 Å². The summed E-state index contributed by atoms with van der Waals surface area (Å²) >= 11 is 0. The second-order valence-corrected chi connectivity index (χ2v) is 15.4. The van der Waals surface area contributed by atoms with Gasteiger partial charge in [-0.3, -0.25) is 0 Å². The predicted molar refractivity (Wildman–Crippen MR) is 219 cm³/mol. The molecule has 1 aromatic carbocycles. The molecule has 0 aliphatic heterocycles. The van der Waals surface area contributed by atoms with Gasteiger partial charge >= 0.3 is 0 Å². The van der Waals surface area contributed by atoms with Gasteiger partial charge in [0.05, 0.1) is 39.1 Å². The van der Waals surface area contributed by atoms with Crippen molar-refractivity contribution in [2.24, 2.45) is 29.6 Å². The molecular formula is C46H85O5. The molecule has 0 amide bonds. The van der Waals surface area contributed by atoms with Crippen LogP contribution in [0.25, 0.3) is 0 Å². The molecule has 0 spiro atoms. The van der Waals surface area contributed by atoms with Crippen LogP contribution < -0.4 is 23.7 Å². The van der Waals surface area contributed by atoms with Crippen LogP contribution in [-0.4, -0.2) is 33.0 Å². The molecule has 1 rings (SSSR count). The van der Waals surface area contributed by atoms with Gasteiger partial charge in [-0.2, -0.15) is 0 Å². The first-order valence-corrected chi connectivity index (χ1v) is 22.2. The Labute approximate surface area is 318 Å². The van der Waals surface area contributed by atoms with Crippen LogP contribution in [0.4, 0.5) is 0 Å². The Bertz CT molecular complexity index is 886. The van der Waals surface area contributed by atoms with Gasteiger partial charge in [0.2, 0.25) is 17.2 Å². The maximum absolute atomic E-state index is 6.96. The first-order chi connectivity index (χ1) is 24.9. The van der Waals surface area contributed by atoms with Gasteiger partial charge in [0.1, 0.15) is 0 Å². The predicted octanol–water partition coefficient (Wildman–Crippen LogP) is 14.5. The molecule has 0 heterocycles. The highest BCUT2D eigenvalue weighted by Gasteiger charge is 2.29. The maximum atomic E-state index is 6.96. The molecule has 0 fully saturated rings. The minimum atomic E-state index is 0.460. The van der Waals surface area contributed by atoms with Gasteiger partial charge in [-0.05, 0) is 61.7 Å². The van der Waals surface area contributed by atoms with Crippen molar-refractivity contribution in [2.75, 3.05) is 33.0 Å². The Hall–Kier alpha value is -1.78. The van der Waals surface area contributed by atoms with E-state index in [2.05, 4.69) is 75.3 Å². The van der Waals surface area contributed by atoms with E-state index in [1.165, 1.54) is 64.2 Å². The molecular weight excluding hydrogens is 633 g/mol. The van der Waals surface area contributed by atoms with E-state index < -0.39 is 0 Å². The second-order valence-electron chi connectivity index (χ2n) is 15.4. The highest BCUT2D eigenvalue weighted by atomic mass is 16.6. The maximum Gasteiger partial charge on any atom is 0.211 e. The lowest BCUT2D eigenvalue weighted by molar-refractivity contribution is 0.158. The minimum Gasteiger partial charge on any atom is -0.488 e. The standard InChI is InChI=1S/C46H85O5/c1-11-21-26-37(16-6)32-47-42-31-43(48-33-38(17-7)27-22-12-2)45(50-35-40(19-9)29-24-14-4)46(51-36-41(20-10)30-25-15-5)44(42)49-34-39(18-8)28-23-13-3/h37-41H,11-30,32-36H2,1-10H3. The average Bonchev–Trinajstić information content (AvgIpc) is 3.16. The molecule has 0 N–H and O–H groups in total. The zero-order chi connectivity index (χ0) is 37.7. The zero-order valence-corrected chi connectivity index (χ0v) is 35.6. The summed E-state index contributed by atoms with van der Waals surface area (Å²) in [6.45, 7) is 25.8. The molecule has 5 nitrogen and oxygen atoms in total. The van der Waals surface area contributed by atoms with E-state index >= 15 is 0 Å². The number of benzene rings is 1. The van der Waals surface area contributed by atoms with Crippen LogP contribution in [-0.2, 0) is 0 Å². The van der Waals surface area contributed by atoms with E-state index in [0.717, 1.165) is 64.2 Å². The van der Waals surface area contributed by atoms with Crippen molar-refractivity contribution in [3.63, 3.8) is 0 Å². The Morgan fingerprint density at radius 3 is 0.804 bits per heavy atom. The van der Waals surface area contributed by atoms with Gasteiger partial charge in [-0.25, -0.2) is 0 Å². The van der Waals surface area contributed by atoms with Crippen molar-refractivity contribution in [2.45, 2.75) is 198 Å². The van der Waals surface area contributed by atoms with Crippen LogP contribution in [0.5, 0.6) is 28.7 Å². The van der Waals surface area contributed by atoms with Crippen molar-refractivity contribution < 1.29 is 23.7 Å². The summed E-state index contributed by atoms with van der Waals surface area (Å²) in [5.74, 6) is 5.56. The number of hydrogen-bond acceptors (Lipinski definition) is 5. The summed E-state index contributed by atoms with van der Waals surface area (Å²) in [5, 5.41) is 0. The Balaban J connectivity index is 3.88. The highest BCUT2D eigenvalue weighted by Crippen LogP contribution is 2.51. The third-order valence-electron chi connectivity index (χ3n) is 11.1. The van der Waals surface area contributed by atoms with Crippen molar-refractivity contribution in [3.05, 3.63) is 6.07 Å². The van der Waals surface area contributed by atoms with Gasteiger partial charge in [0, 0.05) is 0 Å². The summed E-state index contributed by atoms with van der Waals surface area (Å²) in [4.78, 5) is 0. The summed E-state index contributed by atoms with van der Waals surface area (Å²) in [6, 6.07) is 3.62. The van der Waals surface area contributed by atoms with E-state index in [1.807, 2.05) is 0 Å². The largest absolute Gasteiger partial charge is 0.488 e. The first kappa shape index (κ1) is 47.2. The fourth-order valence-electron chi connectivity index (χ4n) is 6.62. The lowest BCUT2D eigenvalue weighted by atomic mass is 10.00. The quantitative estimate of drug-likeness (QED) is 0.0699. The van der Waals surface area contributed by atoms with Crippen molar-refractivity contribution in [1.82, 2.24) is 0 Å². The molecule has 5 atom stereocenters. The molecule has 0 saturated heterocycles. The van der Waals surface area contributed by atoms with Gasteiger partial charge in [0.15, 0.2) is 11.5 Å². The van der Waals surface area contributed by atoms with Crippen LogP contribution in [0.15, 0.2) is 0 Å². The topological polar surface area (TPSA) is 46.2 Å². The summed E-state index contributed by atoms with van der Waals surface area (Å²) in [5.41, 5.74) is 0. The van der Waals surface area contributed by atoms with Crippen LogP contribution in [0.2, 0.25) is 0 Å². The molecule has 0 aliphatic carbocycles. The molecule has 0 saturated carbocycles. The molecule has 51 heavy (non-hydrogen) atoms. The van der Waals surface area contributed by atoms with Gasteiger partial charge < -0.3 is 23.7 Å². The van der Waals surface area contributed by atoms with E-state index in [1.54, 1.807) is 0 Å². The third-order valence-corrected chi connectivity index (χ3v) is 11.1. The summed E-state index contributed by atoms with van der Waals surface area (Å²) < 4.78 is 34.3. The molecule has 1 radical (unpaired) electrons. The van der Waals surface area contributed by atoms with Crippen molar-refractivity contribution in [3.8, 4) is 28.7 Å². The van der Waals surface area contributed by atoms with E-state index in [-0.39, 0.29) is 0 Å². The van der Waals surface area contributed by atoms with E-state index in [9.17, 15) is 0 Å². The summed E-state index contributed by atoms with van der Waals surface area (Å²) in [6.07, 6.45) is 23.2. The number of rotatable bonds is 35. The molecule has 0 aromatic heterocycles. The lowest BCUT2D eigenvalue weighted by Gasteiger charge is -2.27. The number of hydrogen-bond donors (Lipinski definition) is 0. The number of ether oxygens (including phenoxy) is 5. The van der Waals surface area contributed by atoms with Crippen LogP contribution in [0.3, 0.4) is 0 Å². The Morgan fingerprint density at radius 1 is 0.333 bits per heavy atom. The molecule has 0 bridgehead atoms. The average molecular weight is 718 g/mol. The van der Waals surface area contributed by atoms with Gasteiger partial charge in [0.25, 0.3) is 0 Å². The van der Waals surface area contributed by atoms with Gasteiger partial charge in [-0.15, -0.1) is 0 Å². The third kappa shape index (κ3) is 19.2. The van der Waals surface area contributed by atoms with Crippen molar-refractivity contribution in [1.29, 1.82) is 0 Å². The zero-order valence-electron chi connectivity index (χ0n) is 35.6. The lowest BCUT2D eigenvalue weighted by Crippen LogP contribution is -2.19. The van der Waals surface area contributed by atoms with Gasteiger partial charge in [-0.1, -0.05) is 166 Å². The highest BCUT2D eigenvalue weighted by molar-refractivity contribution is 5.65. The van der Waals surface area contributed by atoms with Crippen molar-refractivity contribution >= 4 is 0 Å². The Kier molecular flexibility index (Phi) is 28.4. The van der Waals surface area contributed by atoms with Crippen LogP contribution in [0.1, 0.15) is 198 Å². The smallest absolute Gasteiger partial charge is 0.211 e. The van der Waals surface area contributed by atoms with E-state index in [0.29, 0.717) is 91.4 Å². The number of unbranched alkanes of at least 4 members (excludes halogenated alkanes) is 5. The molecule has 299 valence electrons. The molecule has 5 unspecified atom stereocenters. The van der Waals surface area contributed by atoms with Crippen LogP contribution in [0, 0.1) is 35.7 Å². The fraction of sp³-hybridized carbons (Fsp3) is 0.870. The first-order valence-electron chi connectivity index (χ1n) is 22.2. The molecule has 5 heteroatoms. The SMILES string of the molecule is CCCCC(CC)COc1[c]c(OCC(CC)CCCC)c(OCC(CC)CCCC)c(OCC(CC)CCCC)c1OCC(CC)CCCC. The summed E-state index contributed by atoms with van der Waals surface area (Å²) in [7, 11) is 0. The van der Waals surface area contributed by atoms with Crippen LogP contribution >= 0.6 is 0 Å². The molecule has 1 aromatic rings. The second kappa shape index (κ2) is 30.7. The fourth-order valence-corrected chi connectivity index (χ4v) is 6.62. The normalized spacial score (nSPS) is 14.5. The minimum absolute atomic E-state index is 0.460.